The number of anilines is 2. The average molecular weight is 305 g/mol. The van der Waals surface area contributed by atoms with Crippen molar-refractivity contribution in [3.05, 3.63) is 23.8 Å². The molecule has 1 aromatic carbocycles. The molecule has 2 atom stereocenters. The van der Waals surface area contributed by atoms with E-state index in [0.29, 0.717) is 12.5 Å². The summed E-state index contributed by atoms with van der Waals surface area (Å²) in [4.78, 5) is 14.0. The topological polar surface area (TPSA) is 53.6 Å². The van der Waals surface area contributed by atoms with Crippen LogP contribution in [0.4, 0.5) is 11.4 Å². The first kappa shape index (κ1) is 16.8. The van der Waals surface area contributed by atoms with Crippen molar-refractivity contribution in [2.45, 2.75) is 38.8 Å². The van der Waals surface area contributed by atoms with E-state index in [9.17, 15) is 4.79 Å². The summed E-state index contributed by atoms with van der Waals surface area (Å²) < 4.78 is 5.57. The number of aryl methyl sites for hydroxylation is 1. The highest BCUT2D eigenvalue weighted by atomic mass is 16.5. The van der Waals surface area contributed by atoms with Gasteiger partial charge in [0.15, 0.2) is 0 Å². The number of nitrogens with one attached hydrogen (secondary N) is 2. The van der Waals surface area contributed by atoms with E-state index < -0.39 is 0 Å². The van der Waals surface area contributed by atoms with Crippen LogP contribution in [0.1, 0.15) is 25.3 Å². The molecule has 122 valence electrons. The van der Waals surface area contributed by atoms with Crippen LogP contribution in [-0.2, 0) is 9.53 Å². The molecule has 5 heteroatoms. The molecular weight excluding hydrogens is 278 g/mol. The molecule has 22 heavy (non-hydrogen) atoms. The Labute approximate surface area is 133 Å². The van der Waals surface area contributed by atoms with Crippen molar-refractivity contribution in [1.29, 1.82) is 0 Å². The molecule has 2 N–H and O–H groups in total. The van der Waals surface area contributed by atoms with Crippen LogP contribution in [0, 0.1) is 6.92 Å². The summed E-state index contributed by atoms with van der Waals surface area (Å²) in [5, 5.41) is 6.50. The normalized spacial score (nSPS) is 21.1. The Balaban J connectivity index is 1.98. The lowest BCUT2D eigenvalue weighted by molar-refractivity contribution is -0.116. The second-order valence-electron chi connectivity index (χ2n) is 6.25. The molecule has 0 unspecified atom stereocenters. The van der Waals surface area contributed by atoms with Gasteiger partial charge in [-0.15, -0.1) is 0 Å². The number of rotatable bonds is 6. The van der Waals surface area contributed by atoms with E-state index in [4.69, 9.17) is 4.74 Å². The van der Waals surface area contributed by atoms with E-state index in [-0.39, 0.29) is 12.0 Å². The molecule has 1 aromatic rings. The maximum atomic E-state index is 12.0. The third-order valence-corrected chi connectivity index (χ3v) is 4.03. The van der Waals surface area contributed by atoms with Crippen LogP contribution >= 0.6 is 0 Å². The number of nitrogens with zero attached hydrogens (tertiary/aromatic N) is 1. The highest BCUT2D eigenvalue weighted by Gasteiger charge is 2.23. The number of carbonyl (C=O) groups excluding carboxylic acids is 1. The fraction of sp³-hybridized carbons (Fsp3) is 0.588. The van der Waals surface area contributed by atoms with E-state index in [0.717, 1.165) is 36.5 Å². The number of amides is 1. The van der Waals surface area contributed by atoms with Crippen LogP contribution < -0.4 is 10.6 Å². The van der Waals surface area contributed by atoms with E-state index >= 15 is 0 Å². The molecule has 0 saturated carbocycles. The molecule has 0 aromatic heterocycles. The van der Waals surface area contributed by atoms with Crippen molar-refractivity contribution >= 4 is 17.3 Å². The number of hydrogen-bond donors (Lipinski definition) is 2. The summed E-state index contributed by atoms with van der Waals surface area (Å²) >= 11 is 0. The highest BCUT2D eigenvalue weighted by Crippen LogP contribution is 2.24. The molecule has 1 saturated heterocycles. The van der Waals surface area contributed by atoms with Crippen molar-refractivity contribution < 1.29 is 9.53 Å². The molecule has 1 fully saturated rings. The Morgan fingerprint density at radius 1 is 1.41 bits per heavy atom. The lowest BCUT2D eigenvalue weighted by atomic mass is 10.1. The molecule has 1 heterocycles. The van der Waals surface area contributed by atoms with Crippen molar-refractivity contribution in [1.82, 2.24) is 4.90 Å². The van der Waals surface area contributed by atoms with Gasteiger partial charge in [0.2, 0.25) is 5.91 Å². The number of hydrogen-bond acceptors (Lipinski definition) is 4. The molecule has 1 aliphatic rings. The van der Waals surface area contributed by atoms with Gasteiger partial charge < -0.3 is 20.3 Å². The summed E-state index contributed by atoms with van der Waals surface area (Å²) in [6.07, 6.45) is 1.73. The van der Waals surface area contributed by atoms with Crippen LogP contribution in [0.2, 0.25) is 0 Å². The van der Waals surface area contributed by atoms with Crippen molar-refractivity contribution in [3.63, 3.8) is 0 Å². The first-order valence-corrected chi connectivity index (χ1v) is 7.89. The van der Waals surface area contributed by atoms with E-state index in [1.807, 2.05) is 38.1 Å². The first-order chi connectivity index (χ1) is 10.5. The summed E-state index contributed by atoms with van der Waals surface area (Å²) in [6, 6.07) is 6.42. The number of ether oxygens (including phenoxy) is 1. The molecule has 0 radical (unpaired) electrons. The Kier molecular flexibility index (Phi) is 5.80. The van der Waals surface area contributed by atoms with Crippen LogP contribution in [0.5, 0.6) is 0 Å². The molecule has 1 aliphatic heterocycles. The lowest BCUT2D eigenvalue weighted by Crippen LogP contribution is -2.26. The van der Waals surface area contributed by atoms with E-state index in [1.165, 1.54) is 0 Å². The summed E-state index contributed by atoms with van der Waals surface area (Å²) in [7, 11) is 3.93. The zero-order valence-electron chi connectivity index (χ0n) is 14.0. The molecule has 2 rings (SSSR count). The monoisotopic (exact) mass is 305 g/mol. The van der Waals surface area contributed by atoms with Crippen LogP contribution in [0.15, 0.2) is 18.2 Å². The molecular formula is C17H27N3O2. The standard InChI is InChI=1S/C17H27N3O2/c1-12-5-6-14(18-15-8-10-22-13(15)2)11-16(12)19-17(21)7-9-20(3)4/h5-6,11,13,15,18H,7-10H2,1-4H3,(H,19,21)/t13-,15-/m0/s1. The fourth-order valence-electron chi connectivity index (χ4n) is 2.52. The smallest absolute Gasteiger partial charge is 0.225 e. The predicted octanol–water partition coefficient (Wildman–Crippen LogP) is 2.47. The van der Waals surface area contributed by atoms with E-state index in [2.05, 4.69) is 23.6 Å². The van der Waals surface area contributed by atoms with Gasteiger partial charge in [-0.1, -0.05) is 6.07 Å². The van der Waals surface area contributed by atoms with Gasteiger partial charge in [-0.3, -0.25) is 4.79 Å². The third-order valence-electron chi connectivity index (χ3n) is 4.03. The fourth-order valence-corrected chi connectivity index (χ4v) is 2.52. The quantitative estimate of drug-likeness (QED) is 0.848. The summed E-state index contributed by atoms with van der Waals surface area (Å²) in [6.45, 7) is 5.65. The van der Waals surface area contributed by atoms with E-state index in [1.54, 1.807) is 0 Å². The zero-order valence-corrected chi connectivity index (χ0v) is 14.0. The highest BCUT2D eigenvalue weighted by molar-refractivity contribution is 5.92. The predicted molar refractivity (Wildman–Crippen MR) is 90.4 cm³/mol. The largest absolute Gasteiger partial charge is 0.380 e. The summed E-state index contributed by atoms with van der Waals surface area (Å²) in [5.41, 5.74) is 2.97. The molecule has 5 nitrogen and oxygen atoms in total. The van der Waals surface area contributed by atoms with Gasteiger partial charge in [0.25, 0.3) is 0 Å². The van der Waals surface area contributed by atoms with Crippen molar-refractivity contribution in [2.24, 2.45) is 0 Å². The van der Waals surface area contributed by atoms with Gasteiger partial charge in [-0.25, -0.2) is 0 Å². The number of benzene rings is 1. The van der Waals surface area contributed by atoms with Gasteiger partial charge in [0.1, 0.15) is 0 Å². The van der Waals surface area contributed by atoms with Crippen LogP contribution in [0.25, 0.3) is 0 Å². The van der Waals surface area contributed by atoms with Gasteiger partial charge in [-0.05, 0) is 52.1 Å². The maximum absolute atomic E-state index is 12.0. The van der Waals surface area contributed by atoms with Gasteiger partial charge in [0.05, 0.1) is 12.1 Å². The Morgan fingerprint density at radius 3 is 2.82 bits per heavy atom. The molecule has 0 aliphatic carbocycles. The van der Waals surface area contributed by atoms with Gasteiger partial charge >= 0.3 is 0 Å². The Morgan fingerprint density at radius 2 is 2.18 bits per heavy atom. The second-order valence-corrected chi connectivity index (χ2v) is 6.25. The van der Waals surface area contributed by atoms with Crippen molar-refractivity contribution in [2.75, 3.05) is 37.9 Å². The minimum atomic E-state index is 0.0477. The SMILES string of the molecule is Cc1ccc(N[C@H]2CCO[C@H]2C)cc1NC(=O)CCN(C)C. The molecule has 1 amide bonds. The van der Waals surface area contributed by atoms with Crippen LogP contribution in [0.3, 0.4) is 0 Å². The second kappa shape index (κ2) is 7.61. The van der Waals surface area contributed by atoms with Crippen LogP contribution in [-0.4, -0.2) is 50.2 Å². The lowest BCUT2D eigenvalue weighted by Gasteiger charge is -2.19. The maximum Gasteiger partial charge on any atom is 0.225 e. The molecule has 0 bridgehead atoms. The van der Waals surface area contributed by atoms with Gasteiger partial charge in [-0.2, -0.15) is 0 Å². The van der Waals surface area contributed by atoms with Gasteiger partial charge in [0, 0.05) is 30.9 Å². The van der Waals surface area contributed by atoms with Crippen molar-refractivity contribution in [3.8, 4) is 0 Å². The number of carbonyl (C=O) groups is 1. The Bertz CT molecular complexity index is 517. The average Bonchev–Trinajstić information content (AvgIpc) is 2.86. The zero-order chi connectivity index (χ0) is 16.1. The first-order valence-electron chi connectivity index (χ1n) is 7.89. The summed E-state index contributed by atoms with van der Waals surface area (Å²) in [5.74, 6) is 0.0477. The minimum absolute atomic E-state index is 0.0477. The Hall–Kier alpha value is -1.59. The third kappa shape index (κ3) is 4.71. The minimum Gasteiger partial charge on any atom is -0.380 e. The molecule has 0 spiro atoms.